The van der Waals surface area contributed by atoms with E-state index < -0.39 is 93.0 Å². The number of carbonyl (C=O) groups excluding carboxylic acids is 1. The van der Waals surface area contributed by atoms with Crippen molar-refractivity contribution in [3.8, 4) is 23.0 Å². The van der Waals surface area contributed by atoms with Crippen molar-refractivity contribution in [1.82, 2.24) is 15.0 Å². The normalized spacial score (nSPS) is 18.1. The van der Waals surface area contributed by atoms with Gasteiger partial charge < -0.3 is 39.4 Å². The highest BCUT2D eigenvalue weighted by Crippen LogP contribution is 2.42. The number of anilines is 5. The molecule has 0 saturated carbocycles. The first kappa shape index (κ1) is 18.9. The fourth-order valence-electron chi connectivity index (χ4n) is 3.27. The number of benzene rings is 1. The maximum atomic E-state index is 15.2. The average Bonchev–Trinajstić information content (AvgIpc) is 2.99. The fraction of sp³-hybridized carbons (Fsp3) is 0.304. The molecule has 17 heteroatoms. The minimum atomic E-state index is -5.40. The summed E-state index contributed by atoms with van der Waals surface area (Å²) in [6.45, 7) is -9.07. The Morgan fingerprint density at radius 1 is 1.15 bits per heavy atom. The van der Waals surface area contributed by atoms with Crippen LogP contribution in [0.1, 0.15) is 26.0 Å². The lowest BCUT2D eigenvalue weighted by Crippen LogP contribution is -2.53. The Labute approximate surface area is 240 Å². The van der Waals surface area contributed by atoms with Gasteiger partial charge in [0.15, 0.2) is 40.3 Å². The number of fused-ring (bicyclic) bond motifs is 1. The Morgan fingerprint density at radius 2 is 1.85 bits per heavy atom. The topological polar surface area (TPSA) is 187 Å². The number of aromatic nitrogens is 3. The Morgan fingerprint density at radius 3 is 2.45 bits per heavy atom. The van der Waals surface area contributed by atoms with Crippen molar-refractivity contribution in [3.63, 3.8) is 0 Å². The van der Waals surface area contributed by atoms with E-state index in [1.165, 1.54) is 33.5 Å². The number of phosphoric acid groups is 1. The summed E-state index contributed by atoms with van der Waals surface area (Å²) in [6, 6.07) is 0.815. The first-order valence-corrected chi connectivity index (χ1v) is 12.2. The van der Waals surface area contributed by atoms with Crippen molar-refractivity contribution in [2.75, 3.05) is 43.6 Å². The van der Waals surface area contributed by atoms with Crippen LogP contribution in [0.15, 0.2) is 30.4 Å². The molecule has 0 bridgehead atoms. The van der Waals surface area contributed by atoms with Crippen LogP contribution < -0.4 is 34.5 Å². The molecule has 0 saturated heterocycles. The summed E-state index contributed by atoms with van der Waals surface area (Å²) in [5, 5.41) is 4.98. The maximum Gasteiger partial charge on any atom is 0.471 e. The van der Waals surface area contributed by atoms with Gasteiger partial charge in [-0.3, -0.25) is 14.2 Å². The Hall–Kier alpha value is -4.24. The van der Waals surface area contributed by atoms with Gasteiger partial charge in [-0.15, -0.1) is 0 Å². The van der Waals surface area contributed by atoms with Crippen LogP contribution >= 0.6 is 7.82 Å². The monoisotopic (exact) mass is 589 g/mol. The third-order valence-electron chi connectivity index (χ3n) is 4.97. The van der Waals surface area contributed by atoms with E-state index in [0.717, 1.165) is 0 Å². The molecule has 15 nitrogen and oxygen atoms in total. The average molecular weight is 590 g/mol. The molecule has 40 heavy (non-hydrogen) atoms. The summed E-state index contributed by atoms with van der Waals surface area (Å²) in [5.41, 5.74) is -3.52. The summed E-state index contributed by atoms with van der Waals surface area (Å²) >= 11 is 0. The molecule has 3 heterocycles. The molecule has 0 radical (unpaired) electrons. The summed E-state index contributed by atoms with van der Waals surface area (Å²) in [6.07, 6.45) is -0.974. The van der Waals surface area contributed by atoms with Gasteiger partial charge in [-0.2, -0.15) is 4.98 Å². The first-order valence-electron chi connectivity index (χ1n) is 15.2. The number of phosphoric ester groups is 1. The SMILES string of the molecule is [2H]c1nc(Nc2cc(OC)c(OC)c(OC)c2)nc(Nc2nc3c(c([2H])c2[2H])OC(C([2H])([2H])[2H])(C([2H])([2H])[2H])C(=O)N3COP(=O)(O)O)c1F. The molecule has 1 aliphatic rings. The molecule has 3 aromatic rings. The van der Waals surface area contributed by atoms with Crippen LogP contribution in [0.25, 0.3) is 0 Å². The molecule has 1 aliphatic heterocycles. The molecular formula is C23H26FN6O9P. The zero-order chi connectivity index (χ0) is 36.9. The number of hydrogen-bond acceptors (Lipinski definition) is 12. The van der Waals surface area contributed by atoms with Gasteiger partial charge in [0.1, 0.15) is 12.5 Å². The van der Waals surface area contributed by atoms with Crippen LogP contribution in [0.2, 0.25) is 0 Å². The highest BCUT2D eigenvalue weighted by Gasteiger charge is 2.42. The van der Waals surface area contributed by atoms with E-state index in [-0.39, 0.29) is 27.8 Å². The number of nitrogens with one attached hydrogen (secondary N) is 2. The van der Waals surface area contributed by atoms with Gasteiger partial charge in [0, 0.05) is 26.0 Å². The van der Waals surface area contributed by atoms with Crippen molar-refractivity contribution in [2.45, 2.75) is 19.3 Å². The number of nitrogens with zero attached hydrogens (tertiary/aromatic N) is 4. The van der Waals surface area contributed by atoms with Crippen molar-refractivity contribution in [3.05, 3.63) is 36.2 Å². The number of methoxy groups -OCH3 is 3. The van der Waals surface area contributed by atoms with E-state index in [9.17, 15) is 19.1 Å². The predicted octanol–water partition coefficient (Wildman–Crippen LogP) is 3.09. The van der Waals surface area contributed by atoms with E-state index in [1.807, 2.05) is 0 Å². The van der Waals surface area contributed by atoms with Crippen LogP contribution in [-0.4, -0.2) is 64.3 Å². The lowest BCUT2D eigenvalue weighted by atomic mass is 10.1. The van der Waals surface area contributed by atoms with E-state index in [1.54, 1.807) is 0 Å². The predicted molar refractivity (Wildman–Crippen MR) is 139 cm³/mol. The van der Waals surface area contributed by atoms with Gasteiger partial charge in [-0.05, 0) is 25.8 Å². The third kappa shape index (κ3) is 6.15. The van der Waals surface area contributed by atoms with Crippen LogP contribution in [0.4, 0.5) is 33.5 Å². The van der Waals surface area contributed by atoms with Gasteiger partial charge in [-0.25, -0.2) is 18.9 Å². The van der Waals surface area contributed by atoms with Crippen molar-refractivity contribution in [2.24, 2.45) is 0 Å². The molecule has 1 aromatic carbocycles. The number of halogens is 1. The molecule has 4 rings (SSSR count). The van der Waals surface area contributed by atoms with E-state index >= 15 is 4.39 Å². The molecule has 214 valence electrons. The molecule has 4 N–H and O–H groups in total. The van der Waals surface area contributed by atoms with Gasteiger partial charge in [-0.1, -0.05) is 0 Å². The second kappa shape index (κ2) is 11.1. The Bertz CT molecular complexity index is 1810. The zero-order valence-corrected chi connectivity index (χ0v) is 21.6. The lowest BCUT2D eigenvalue weighted by Gasteiger charge is -2.37. The summed E-state index contributed by atoms with van der Waals surface area (Å²) in [5.74, 6) is -6.63. The molecule has 0 aliphatic carbocycles. The standard InChI is InChI=1S/C23H26FN6O9P/c1-23(2)21(31)30(11-38-40(32,33)34)20-14(39-23)6-7-17(28-20)27-19-13(24)10-25-22(29-19)26-12-8-15(35-3)18(37-5)16(9-12)36-4/h6-10H,11H2,1-5H3,(H2,32,33,34)(H2,25,26,27,28,29)/i1D3,2D3,6D,7D,10D. The summed E-state index contributed by atoms with van der Waals surface area (Å²) in [7, 11) is -1.32. The van der Waals surface area contributed by atoms with Crippen LogP contribution in [0.3, 0.4) is 0 Å². The van der Waals surface area contributed by atoms with Gasteiger partial charge in [0.2, 0.25) is 11.7 Å². The van der Waals surface area contributed by atoms with Gasteiger partial charge >= 0.3 is 7.82 Å². The minimum Gasteiger partial charge on any atom is -0.493 e. The zero-order valence-electron chi connectivity index (χ0n) is 29.7. The highest BCUT2D eigenvalue weighted by atomic mass is 31.2. The maximum absolute atomic E-state index is 15.2. The molecule has 0 atom stereocenters. The molecular weight excluding hydrogens is 554 g/mol. The van der Waals surface area contributed by atoms with E-state index in [2.05, 4.69) is 30.1 Å². The Balaban J connectivity index is 1.84. The molecule has 0 spiro atoms. The van der Waals surface area contributed by atoms with Gasteiger partial charge in [0.05, 0.1) is 31.6 Å². The smallest absolute Gasteiger partial charge is 0.471 e. The fourth-order valence-corrected chi connectivity index (χ4v) is 3.54. The summed E-state index contributed by atoms with van der Waals surface area (Å²) < 4.78 is 124. The summed E-state index contributed by atoms with van der Waals surface area (Å²) in [4.78, 5) is 43.7. The quantitative estimate of drug-likeness (QED) is 0.253. The third-order valence-corrected chi connectivity index (χ3v) is 5.42. The van der Waals surface area contributed by atoms with Crippen LogP contribution in [-0.2, 0) is 13.9 Å². The van der Waals surface area contributed by atoms with Gasteiger partial charge in [0.25, 0.3) is 5.91 Å². The van der Waals surface area contributed by atoms with Crippen molar-refractivity contribution in [1.29, 1.82) is 0 Å². The molecule has 2 aromatic heterocycles. The van der Waals surface area contributed by atoms with Crippen LogP contribution in [0.5, 0.6) is 23.0 Å². The number of ether oxygens (including phenoxy) is 4. The molecule has 1 amide bonds. The number of pyridine rings is 1. The number of carbonyl (C=O) groups is 1. The van der Waals surface area contributed by atoms with E-state index in [0.29, 0.717) is 0 Å². The number of rotatable bonds is 10. The molecule has 0 unspecified atom stereocenters. The van der Waals surface area contributed by atoms with E-state index in [4.69, 9.17) is 31.3 Å². The minimum absolute atomic E-state index is 0.0863. The van der Waals surface area contributed by atoms with Crippen LogP contribution in [0, 0.1) is 5.82 Å². The number of hydrogen-bond donors (Lipinski definition) is 4. The lowest BCUT2D eigenvalue weighted by molar-refractivity contribution is -0.133. The second-order valence-electron chi connectivity index (χ2n) is 7.61. The van der Waals surface area contributed by atoms with Crippen molar-refractivity contribution < 1.29 is 59.3 Å². The Kier molecular flexibility index (Phi) is 5.25. The number of amides is 1. The highest BCUT2D eigenvalue weighted by molar-refractivity contribution is 7.46. The molecule has 0 fully saturated rings. The first-order chi connectivity index (χ1) is 22.6. The largest absolute Gasteiger partial charge is 0.493 e. The van der Waals surface area contributed by atoms with Crippen molar-refractivity contribution >= 4 is 42.8 Å². The second-order valence-corrected chi connectivity index (χ2v) is 8.85.